The van der Waals surface area contributed by atoms with Crippen molar-refractivity contribution < 1.29 is 9.90 Å². The van der Waals surface area contributed by atoms with Gasteiger partial charge in [0.1, 0.15) is 0 Å². The van der Waals surface area contributed by atoms with Gasteiger partial charge in [0.15, 0.2) is 0 Å². The molecule has 3 nitrogen and oxygen atoms in total. The second kappa shape index (κ2) is 3.23. The first-order chi connectivity index (χ1) is 6.66. The van der Waals surface area contributed by atoms with E-state index in [9.17, 15) is 9.59 Å². The number of carbonyl (C=O) groups is 1. The number of hydrogen-bond donors (Lipinski definition) is 1. The lowest BCUT2D eigenvalue weighted by Gasteiger charge is -1.97. The van der Waals surface area contributed by atoms with Crippen LogP contribution in [0.4, 0.5) is 0 Å². The maximum absolute atomic E-state index is 11.0. The van der Waals surface area contributed by atoms with Crippen LogP contribution in [0.1, 0.15) is 10.4 Å². The SMILES string of the molecule is O=C(O)c1ccc2sc(=O)ccc2c1. The fraction of sp³-hybridized carbons (Fsp3) is 0. The van der Waals surface area contributed by atoms with Crippen molar-refractivity contribution in [3.63, 3.8) is 0 Å². The van der Waals surface area contributed by atoms with Crippen LogP contribution >= 0.6 is 11.3 Å². The molecular formula is C10H6O3S. The fourth-order valence-electron chi connectivity index (χ4n) is 1.20. The van der Waals surface area contributed by atoms with E-state index in [4.69, 9.17) is 5.11 Å². The summed E-state index contributed by atoms with van der Waals surface area (Å²) in [6.07, 6.45) is 0. The van der Waals surface area contributed by atoms with Crippen LogP contribution < -0.4 is 4.74 Å². The summed E-state index contributed by atoms with van der Waals surface area (Å²) in [5, 5.41) is 9.53. The fourth-order valence-corrected chi connectivity index (χ4v) is 1.94. The van der Waals surface area contributed by atoms with Crippen molar-refractivity contribution in [1.29, 1.82) is 0 Å². The molecule has 0 saturated heterocycles. The molecule has 1 heterocycles. The minimum absolute atomic E-state index is 0.0272. The standard InChI is InChI=1S/C10H6O3S/c11-9-4-2-6-5-7(10(12)13)1-3-8(6)14-9/h1-5H,(H,12,13). The zero-order valence-electron chi connectivity index (χ0n) is 7.06. The van der Waals surface area contributed by atoms with Crippen molar-refractivity contribution in [2.75, 3.05) is 0 Å². The Morgan fingerprint density at radius 3 is 2.71 bits per heavy atom. The quantitative estimate of drug-likeness (QED) is 0.776. The number of benzene rings is 1. The van der Waals surface area contributed by atoms with Gasteiger partial charge in [0.25, 0.3) is 0 Å². The van der Waals surface area contributed by atoms with Gasteiger partial charge in [0.2, 0.25) is 4.74 Å². The average molecular weight is 206 g/mol. The predicted octanol–water partition coefficient (Wildman–Crippen LogP) is 1.96. The minimum Gasteiger partial charge on any atom is -0.478 e. The van der Waals surface area contributed by atoms with E-state index in [1.54, 1.807) is 18.2 Å². The van der Waals surface area contributed by atoms with Gasteiger partial charge in [-0.3, -0.25) is 4.79 Å². The third-order valence-electron chi connectivity index (χ3n) is 1.87. The lowest BCUT2D eigenvalue weighted by Crippen LogP contribution is -1.96. The molecule has 1 aromatic carbocycles. The average Bonchev–Trinajstić information content (AvgIpc) is 2.16. The highest BCUT2D eigenvalue weighted by Crippen LogP contribution is 2.17. The van der Waals surface area contributed by atoms with Gasteiger partial charge in [-0.25, -0.2) is 4.79 Å². The number of aromatic carboxylic acids is 1. The van der Waals surface area contributed by atoms with Crippen molar-refractivity contribution in [1.82, 2.24) is 0 Å². The molecule has 0 fully saturated rings. The number of hydrogen-bond acceptors (Lipinski definition) is 3. The lowest BCUT2D eigenvalue weighted by molar-refractivity contribution is 0.0697. The minimum atomic E-state index is -0.955. The second-order valence-electron chi connectivity index (χ2n) is 2.81. The van der Waals surface area contributed by atoms with Gasteiger partial charge in [0, 0.05) is 4.70 Å². The number of carboxylic acids is 1. The molecule has 14 heavy (non-hydrogen) atoms. The van der Waals surface area contributed by atoms with Gasteiger partial charge in [0.05, 0.1) is 5.56 Å². The Bertz CT molecular complexity index is 557. The zero-order chi connectivity index (χ0) is 10.1. The third kappa shape index (κ3) is 1.52. The van der Waals surface area contributed by atoms with Gasteiger partial charge >= 0.3 is 5.97 Å². The van der Waals surface area contributed by atoms with Gasteiger partial charge in [-0.05, 0) is 35.7 Å². The van der Waals surface area contributed by atoms with Crippen LogP contribution in [0.3, 0.4) is 0 Å². The van der Waals surface area contributed by atoms with Crippen molar-refractivity contribution in [3.8, 4) is 0 Å². The molecule has 0 amide bonds. The molecule has 1 N–H and O–H groups in total. The monoisotopic (exact) mass is 206 g/mol. The first-order valence-electron chi connectivity index (χ1n) is 3.94. The van der Waals surface area contributed by atoms with E-state index in [0.717, 1.165) is 21.4 Å². The molecule has 0 radical (unpaired) electrons. The number of fused-ring (bicyclic) bond motifs is 1. The molecule has 0 spiro atoms. The zero-order valence-corrected chi connectivity index (χ0v) is 7.88. The molecule has 2 aromatic rings. The van der Waals surface area contributed by atoms with Crippen LogP contribution in [0.2, 0.25) is 0 Å². The lowest BCUT2D eigenvalue weighted by atomic mass is 10.2. The van der Waals surface area contributed by atoms with Crippen LogP contribution in [0.5, 0.6) is 0 Å². The Labute approximate surface area is 83.2 Å². The molecule has 4 heteroatoms. The van der Waals surface area contributed by atoms with E-state index in [1.165, 1.54) is 12.1 Å². The molecule has 0 atom stereocenters. The van der Waals surface area contributed by atoms with E-state index >= 15 is 0 Å². The highest BCUT2D eigenvalue weighted by Gasteiger charge is 2.03. The Kier molecular flexibility index (Phi) is 2.05. The van der Waals surface area contributed by atoms with E-state index in [-0.39, 0.29) is 10.3 Å². The summed E-state index contributed by atoms with van der Waals surface area (Å²) < 4.78 is 0.781. The van der Waals surface area contributed by atoms with Crippen LogP contribution in [0, 0.1) is 0 Å². The Morgan fingerprint density at radius 2 is 2.00 bits per heavy atom. The first kappa shape index (κ1) is 8.90. The third-order valence-corrected chi connectivity index (χ3v) is 2.80. The van der Waals surface area contributed by atoms with E-state index in [0.29, 0.717) is 0 Å². The second-order valence-corrected chi connectivity index (χ2v) is 3.86. The molecule has 1 aromatic heterocycles. The van der Waals surface area contributed by atoms with Crippen LogP contribution in [0.25, 0.3) is 10.1 Å². The smallest absolute Gasteiger partial charge is 0.335 e. The summed E-state index contributed by atoms with van der Waals surface area (Å²) in [6.45, 7) is 0. The number of carboxylic acid groups (broad SMARTS) is 1. The Morgan fingerprint density at radius 1 is 1.21 bits per heavy atom. The maximum atomic E-state index is 11.0. The summed E-state index contributed by atoms with van der Waals surface area (Å²) in [5.41, 5.74) is 0.239. The molecule has 0 bridgehead atoms. The van der Waals surface area contributed by atoms with Crippen molar-refractivity contribution in [2.24, 2.45) is 0 Å². The van der Waals surface area contributed by atoms with Crippen molar-refractivity contribution in [3.05, 3.63) is 45.4 Å². The van der Waals surface area contributed by atoms with Crippen molar-refractivity contribution >= 4 is 27.4 Å². The molecule has 0 saturated carbocycles. The largest absolute Gasteiger partial charge is 0.478 e. The summed E-state index contributed by atoms with van der Waals surface area (Å²) in [7, 11) is 0. The highest BCUT2D eigenvalue weighted by molar-refractivity contribution is 7.16. The summed E-state index contributed by atoms with van der Waals surface area (Å²) in [5.74, 6) is -0.955. The predicted molar refractivity (Wildman–Crippen MR) is 55.1 cm³/mol. The number of rotatable bonds is 1. The topological polar surface area (TPSA) is 54.4 Å². The molecular weight excluding hydrogens is 200 g/mol. The Hall–Kier alpha value is -1.68. The molecule has 0 unspecified atom stereocenters. The summed E-state index contributed by atoms with van der Waals surface area (Å²) in [6, 6.07) is 7.80. The molecule has 0 aliphatic carbocycles. The van der Waals surface area contributed by atoms with E-state index in [1.807, 2.05) is 0 Å². The molecule has 0 aliphatic rings. The normalized spacial score (nSPS) is 10.3. The van der Waals surface area contributed by atoms with E-state index < -0.39 is 5.97 Å². The highest BCUT2D eigenvalue weighted by atomic mass is 32.1. The first-order valence-corrected chi connectivity index (χ1v) is 4.76. The Balaban J connectivity index is 2.73. The molecule has 2 rings (SSSR count). The van der Waals surface area contributed by atoms with Crippen molar-refractivity contribution in [2.45, 2.75) is 0 Å². The van der Waals surface area contributed by atoms with Gasteiger partial charge in [-0.15, -0.1) is 0 Å². The van der Waals surface area contributed by atoms with Gasteiger partial charge in [-0.1, -0.05) is 11.3 Å². The van der Waals surface area contributed by atoms with Gasteiger partial charge < -0.3 is 5.11 Å². The molecule has 70 valence electrons. The maximum Gasteiger partial charge on any atom is 0.335 e. The van der Waals surface area contributed by atoms with Crippen LogP contribution in [-0.2, 0) is 0 Å². The van der Waals surface area contributed by atoms with E-state index in [2.05, 4.69) is 0 Å². The summed E-state index contributed by atoms with van der Waals surface area (Å²) >= 11 is 1.11. The molecule has 0 aliphatic heterocycles. The van der Waals surface area contributed by atoms with Crippen LogP contribution in [-0.4, -0.2) is 11.1 Å². The van der Waals surface area contributed by atoms with Crippen LogP contribution in [0.15, 0.2) is 35.1 Å². The van der Waals surface area contributed by atoms with Gasteiger partial charge in [-0.2, -0.15) is 0 Å². The summed E-state index contributed by atoms with van der Waals surface area (Å²) in [4.78, 5) is 21.7.